The van der Waals surface area contributed by atoms with Crippen molar-refractivity contribution in [1.29, 1.82) is 0 Å². The number of morpholine rings is 1. The topological polar surface area (TPSA) is 61.8 Å². The summed E-state index contributed by atoms with van der Waals surface area (Å²) in [5, 5.41) is 10.1. The molecular formula is C19H35N5OS. The molecule has 148 valence electrons. The lowest BCUT2D eigenvalue weighted by atomic mass is 9.93. The van der Waals surface area contributed by atoms with Crippen LogP contribution in [0.4, 0.5) is 0 Å². The molecule has 2 rings (SSSR count). The molecule has 0 saturated carbocycles. The average Bonchev–Trinajstić information content (AvgIpc) is 3.09. The number of guanidine groups is 1. The molecule has 0 amide bonds. The quantitative estimate of drug-likeness (QED) is 0.560. The average molecular weight is 382 g/mol. The molecule has 0 aromatic carbocycles. The van der Waals surface area contributed by atoms with Crippen LogP contribution < -0.4 is 10.6 Å². The van der Waals surface area contributed by atoms with E-state index in [1.807, 2.05) is 0 Å². The summed E-state index contributed by atoms with van der Waals surface area (Å²) in [4.78, 5) is 12.0. The van der Waals surface area contributed by atoms with E-state index < -0.39 is 0 Å². The van der Waals surface area contributed by atoms with Gasteiger partial charge in [0.2, 0.25) is 0 Å². The molecule has 1 aromatic heterocycles. The first kappa shape index (κ1) is 21.1. The van der Waals surface area contributed by atoms with Crippen LogP contribution in [-0.2, 0) is 16.6 Å². The SMILES string of the molecule is CCNC(=NCC(C)N1CCOCC1)NCCc1nc(C(C)(C)C)cs1. The number of aromatic nitrogens is 1. The molecule has 0 aliphatic carbocycles. The first-order valence-electron chi connectivity index (χ1n) is 9.69. The van der Waals surface area contributed by atoms with E-state index in [-0.39, 0.29) is 5.41 Å². The highest BCUT2D eigenvalue weighted by Crippen LogP contribution is 2.23. The predicted molar refractivity (Wildman–Crippen MR) is 110 cm³/mol. The van der Waals surface area contributed by atoms with Crippen molar-refractivity contribution >= 4 is 17.3 Å². The van der Waals surface area contributed by atoms with E-state index in [4.69, 9.17) is 14.7 Å². The van der Waals surface area contributed by atoms with Crippen LogP contribution in [0.2, 0.25) is 0 Å². The third-order valence-corrected chi connectivity index (χ3v) is 5.39. The number of thiazole rings is 1. The fraction of sp³-hybridized carbons (Fsp3) is 0.789. The minimum atomic E-state index is 0.119. The van der Waals surface area contributed by atoms with Gasteiger partial charge in [-0.1, -0.05) is 20.8 Å². The number of nitrogens with one attached hydrogen (secondary N) is 2. The Morgan fingerprint density at radius 1 is 1.35 bits per heavy atom. The van der Waals surface area contributed by atoms with Gasteiger partial charge in [-0.15, -0.1) is 11.3 Å². The van der Waals surface area contributed by atoms with Gasteiger partial charge in [-0.05, 0) is 13.8 Å². The largest absolute Gasteiger partial charge is 0.379 e. The third kappa shape index (κ3) is 6.85. The maximum Gasteiger partial charge on any atom is 0.191 e. The molecule has 1 aromatic rings. The molecule has 2 heterocycles. The normalized spacial score (nSPS) is 18.0. The highest BCUT2D eigenvalue weighted by Gasteiger charge is 2.18. The summed E-state index contributed by atoms with van der Waals surface area (Å²) in [5.74, 6) is 0.889. The predicted octanol–water partition coefficient (Wildman–Crippen LogP) is 2.26. The van der Waals surface area contributed by atoms with E-state index in [1.165, 1.54) is 10.7 Å². The maximum atomic E-state index is 5.42. The van der Waals surface area contributed by atoms with Gasteiger partial charge in [0.1, 0.15) is 0 Å². The summed E-state index contributed by atoms with van der Waals surface area (Å²) in [6, 6.07) is 0.433. The Hall–Kier alpha value is -1.18. The van der Waals surface area contributed by atoms with Crippen LogP contribution in [0.1, 0.15) is 45.3 Å². The highest BCUT2D eigenvalue weighted by atomic mass is 32.1. The Labute approximate surface area is 162 Å². The zero-order chi connectivity index (χ0) is 19.0. The van der Waals surface area contributed by atoms with Gasteiger partial charge in [0.25, 0.3) is 0 Å². The Bertz CT molecular complexity index is 561. The lowest BCUT2D eigenvalue weighted by Crippen LogP contribution is -2.44. The fourth-order valence-corrected chi connectivity index (χ4v) is 3.78. The third-order valence-electron chi connectivity index (χ3n) is 4.48. The summed E-state index contributed by atoms with van der Waals surface area (Å²) in [6.07, 6.45) is 0.921. The molecular weight excluding hydrogens is 346 g/mol. The van der Waals surface area contributed by atoms with E-state index >= 15 is 0 Å². The molecule has 0 bridgehead atoms. The minimum Gasteiger partial charge on any atom is -0.379 e. The zero-order valence-electron chi connectivity index (χ0n) is 17.0. The highest BCUT2D eigenvalue weighted by molar-refractivity contribution is 7.09. The van der Waals surface area contributed by atoms with Crippen molar-refractivity contribution in [3.05, 3.63) is 16.1 Å². The first-order valence-corrected chi connectivity index (χ1v) is 10.6. The second kappa shape index (κ2) is 10.2. The van der Waals surface area contributed by atoms with Gasteiger partial charge in [-0.3, -0.25) is 9.89 Å². The second-order valence-corrected chi connectivity index (χ2v) is 8.71. The van der Waals surface area contributed by atoms with Crippen LogP contribution in [0.5, 0.6) is 0 Å². The molecule has 6 nitrogen and oxygen atoms in total. The van der Waals surface area contributed by atoms with Gasteiger partial charge >= 0.3 is 0 Å². The summed E-state index contributed by atoms with van der Waals surface area (Å²) in [5.41, 5.74) is 1.30. The summed E-state index contributed by atoms with van der Waals surface area (Å²) >= 11 is 1.75. The molecule has 1 atom stereocenters. The van der Waals surface area contributed by atoms with E-state index in [0.717, 1.165) is 58.3 Å². The molecule has 0 spiro atoms. The molecule has 1 aliphatic rings. The fourth-order valence-electron chi connectivity index (χ4n) is 2.76. The maximum absolute atomic E-state index is 5.42. The standard InChI is InChI=1S/C19H35N5OS/c1-6-20-18(22-13-15(2)24-9-11-25-12-10-24)21-8-7-17-23-16(14-26-17)19(3,4)5/h14-15H,6-13H2,1-5H3,(H2,20,21,22). The Morgan fingerprint density at radius 2 is 2.08 bits per heavy atom. The van der Waals surface area contributed by atoms with Crippen LogP contribution in [0.3, 0.4) is 0 Å². The van der Waals surface area contributed by atoms with E-state index in [2.05, 4.69) is 55.5 Å². The number of rotatable bonds is 7. The van der Waals surface area contributed by atoms with Crippen molar-refractivity contribution in [2.45, 2.75) is 52.5 Å². The van der Waals surface area contributed by atoms with Crippen LogP contribution in [0.15, 0.2) is 10.4 Å². The summed E-state index contributed by atoms with van der Waals surface area (Å²) in [7, 11) is 0. The molecule has 26 heavy (non-hydrogen) atoms. The van der Waals surface area contributed by atoms with Crippen LogP contribution in [0, 0.1) is 0 Å². The number of ether oxygens (including phenoxy) is 1. The first-order chi connectivity index (χ1) is 12.4. The second-order valence-electron chi connectivity index (χ2n) is 7.77. The Morgan fingerprint density at radius 3 is 2.69 bits per heavy atom. The number of hydrogen-bond donors (Lipinski definition) is 2. The van der Waals surface area contributed by atoms with Crippen molar-refractivity contribution in [1.82, 2.24) is 20.5 Å². The molecule has 2 N–H and O–H groups in total. The monoisotopic (exact) mass is 381 g/mol. The lowest BCUT2D eigenvalue weighted by molar-refractivity contribution is 0.0220. The van der Waals surface area contributed by atoms with E-state index in [0.29, 0.717) is 6.04 Å². The van der Waals surface area contributed by atoms with Crippen molar-refractivity contribution < 1.29 is 4.74 Å². The summed E-state index contributed by atoms with van der Waals surface area (Å²) < 4.78 is 5.42. The molecule has 1 saturated heterocycles. The van der Waals surface area contributed by atoms with Gasteiger partial charge < -0.3 is 15.4 Å². The van der Waals surface area contributed by atoms with Crippen LogP contribution in [-0.4, -0.2) is 67.8 Å². The van der Waals surface area contributed by atoms with Gasteiger partial charge in [0, 0.05) is 49.4 Å². The lowest BCUT2D eigenvalue weighted by Gasteiger charge is -2.31. The number of aliphatic imine (C=N–C) groups is 1. The van der Waals surface area contributed by atoms with E-state index in [1.54, 1.807) is 11.3 Å². The number of hydrogen-bond acceptors (Lipinski definition) is 5. The Balaban J connectivity index is 1.80. The van der Waals surface area contributed by atoms with Crippen molar-refractivity contribution in [3.8, 4) is 0 Å². The van der Waals surface area contributed by atoms with Gasteiger partial charge in [-0.2, -0.15) is 0 Å². The number of nitrogens with zero attached hydrogens (tertiary/aromatic N) is 3. The zero-order valence-corrected chi connectivity index (χ0v) is 17.8. The van der Waals surface area contributed by atoms with Crippen LogP contribution >= 0.6 is 11.3 Å². The molecule has 1 fully saturated rings. The molecule has 1 unspecified atom stereocenters. The van der Waals surface area contributed by atoms with E-state index in [9.17, 15) is 0 Å². The van der Waals surface area contributed by atoms with Gasteiger partial charge in [-0.25, -0.2) is 4.98 Å². The van der Waals surface area contributed by atoms with Crippen molar-refractivity contribution in [2.75, 3.05) is 45.9 Å². The van der Waals surface area contributed by atoms with Gasteiger partial charge in [0.05, 0.1) is 30.5 Å². The van der Waals surface area contributed by atoms with Crippen LogP contribution in [0.25, 0.3) is 0 Å². The molecule has 7 heteroatoms. The van der Waals surface area contributed by atoms with Crippen molar-refractivity contribution in [3.63, 3.8) is 0 Å². The van der Waals surface area contributed by atoms with Crippen molar-refractivity contribution in [2.24, 2.45) is 4.99 Å². The summed E-state index contributed by atoms with van der Waals surface area (Å²) in [6.45, 7) is 17.1. The molecule has 1 aliphatic heterocycles. The Kier molecular flexibility index (Phi) is 8.31. The minimum absolute atomic E-state index is 0.119. The molecule has 0 radical (unpaired) electrons. The van der Waals surface area contributed by atoms with Gasteiger partial charge in [0.15, 0.2) is 5.96 Å². The smallest absolute Gasteiger partial charge is 0.191 e.